The number of rotatable bonds is 5. The van der Waals surface area contributed by atoms with Crippen LogP contribution in [0, 0.1) is 12.8 Å². The van der Waals surface area contributed by atoms with Gasteiger partial charge in [0.15, 0.2) is 0 Å². The van der Waals surface area contributed by atoms with Gasteiger partial charge >= 0.3 is 0 Å². The Hall–Kier alpha value is -1.91. The Morgan fingerprint density at radius 3 is 2.78 bits per heavy atom. The highest BCUT2D eigenvalue weighted by atomic mass is 15.5. The summed E-state index contributed by atoms with van der Waals surface area (Å²) in [6.45, 7) is 7.52. The van der Waals surface area contributed by atoms with Crippen LogP contribution < -0.4 is 5.32 Å². The Bertz CT molecular complexity index is 490. The Morgan fingerprint density at radius 1 is 1.33 bits per heavy atom. The van der Waals surface area contributed by atoms with Crippen molar-refractivity contribution in [2.45, 2.75) is 27.2 Å². The van der Waals surface area contributed by atoms with Gasteiger partial charge in [-0.25, -0.2) is 4.68 Å². The molecule has 0 aliphatic carbocycles. The summed E-state index contributed by atoms with van der Waals surface area (Å²) in [6.07, 6.45) is 2.78. The summed E-state index contributed by atoms with van der Waals surface area (Å²) in [5, 5.41) is 14.6. The number of benzene rings is 1. The number of nitrogens with one attached hydrogen (secondary N) is 1. The van der Waals surface area contributed by atoms with Crippen molar-refractivity contribution in [3.05, 3.63) is 30.1 Å². The normalized spacial score (nSPS) is 10.9. The van der Waals surface area contributed by atoms with Crippen LogP contribution in [0.2, 0.25) is 0 Å². The minimum absolute atomic E-state index is 0.721. The smallest absolute Gasteiger partial charge is 0.143 e. The molecule has 0 radical (unpaired) electrons. The standard InChI is InChI=1S/C13H19N5/c1-10(2)6-7-14-12-4-5-13(11(3)8-12)18-9-15-16-17-18/h4-5,8-10,14H,6-7H2,1-3H3. The van der Waals surface area contributed by atoms with Crippen LogP contribution >= 0.6 is 0 Å². The molecule has 1 N–H and O–H groups in total. The van der Waals surface area contributed by atoms with Crippen LogP contribution in [-0.2, 0) is 0 Å². The number of nitrogens with zero attached hydrogens (tertiary/aromatic N) is 4. The molecular formula is C13H19N5. The molecule has 0 saturated carbocycles. The zero-order valence-corrected chi connectivity index (χ0v) is 11.1. The molecule has 2 rings (SSSR count). The van der Waals surface area contributed by atoms with E-state index < -0.39 is 0 Å². The van der Waals surface area contributed by atoms with Crippen molar-refractivity contribution >= 4 is 5.69 Å². The first-order valence-corrected chi connectivity index (χ1v) is 6.24. The zero-order valence-electron chi connectivity index (χ0n) is 11.1. The predicted molar refractivity (Wildman–Crippen MR) is 71.8 cm³/mol. The molecular weight excluding hydrogens is 226 g/mol. The van der Waals surface area contributed by atoms with Crippen molar-refractivity contribution in [1.82, 2.24) is 20.2 Å². The Morgan fingerprint density at radius 2 is 2.17 bits per heavy atom. The van der Waals surface area contributed by atoms with Crippen molar-refractivity contribution in [2.24, 2.45) is 5.92 Å². The maximum atomic E-state index is 3.90. The highest BCUT2D eigenvalue weighted by Crippen LogP contribution is 2.18. The van der Waals surface area contributed by atoms with Crippen molar-refractivity contribution in [1.29, 1.82) is 0 Å². The number of anilines is 1. The van der Waals surface area contributed by atoms with Gasteiger partial charge in [-0.3, -0.25) is 0 Å². The van der Waals surface area contributed by atoms with E-state index in [1.165, 1.54) is 6.42 Å². The Balaban J connectivity index is 2.06. The lowest BCUT2D eigenvalue weighted by Gasteiger charge is -2.11. The lowest BCUT2D eigenvalue weighted by atomic mass is 10.1. The van der Waals surface area contributed by atoms with Crippen molar-refractivity contribution in [2.75, 3.05) is 11.9 Å². The van der Waals surface area contributed by atoms with Gasteiger partial charge in [-0.15, -0.1) is 5.10 Å². The van der Waals surface area contributed by atoms with Gasteiger partial charge in [0.1, 0.15) is 6.33 Å². The molecule has 1 heterocycles. The second-order valence-corrected chi connectivity index (χ2v) is 4.86. The third kappa shape index (κ3) is 3.06. The fraction of sp³-hybridized carbons (Fsp3) is 0.462. The topological polar surface area (TPSA) is 55.6 Å². The second kappa shape index (κ2) is 5.62. The largest absolute Gasteiger partial charge is 0.385 e. The van der Waals surface area contributed by atoms with Crippen LogP contribution in [0.3, 0.4) is 0 Å². The minimum atomic E-state index is 0.721. The van der Waals surface area contributed by atoms with Gasteiger partial charge in [0.25, 0.3) is 0 Å². The summed E-state index contributed by atoms with van der Waals surface area (Å²) >= 11 is 0. The first-order chi connectivity index (χ1) is 8.66. The fourth-order valence-electron chi connectivity index (χ4n) is 1.80. The summed E-state index contributed by atoms with van der Waals surface area (Å²) in [6, 6.07) is 6.21. The number of hydrogen-bond donors (Lipinski definition) is 1. The van der Waals surface area contributed by atoms with Crippen LogP contribution in [0.15, 0.2) is 24.5 Å². The number of aryl methyl sites for hydroxylation is 1. The van der Waals surface area contributed by atoms with Gasteiger partial charge in [-0.2, -0.15) is 0 Å². The van der Waals surface area contributed by atoms with Gasteiger partial charge in [0.05, 0.1) is 5.69 Å². The molecule has 5 heteroatoms. The van der Waals surface area contributed by atoms with Crippen molar-refractivity contribution in [3.8, 4) is 5.69 Å². The Labute approximate surface area is 107 Å². The first-order valence-electron chi connectivity index (χ1n) is 6.24. The molecule has 0 atom stereocenters. The van der Waals surface area contributed by atoms with Crippen LogP contribution in [0.5, 0.6) is 0 Å². The van der Waals surface area contributed by atoms with Crippen LogP contribution in [-0.4, -0.2) is 26.8 Å². The molecule has 0 saturated heterocycles. The van der Waals surface area contributed by atoms with E-state index in [9.17, 15) is 0 Å². The van der Waals surface area contributed by atoms with E-state index in [-0.39, 0.29) is 0 Å². The molecule has 18 heavy (non-hydrogen) atoms. The molecule has 0 fully saturated rings. The summed E-state index contributed by atoms with van der Waals surface area (Å²) in [7, 11) is 0. The minimum Gasteiger partial charge on any atom is -0.385 e. The summed E-state index contributed by atoms with van der Waals surface area (Å²) < 4.78 is 1.67. The van der Waals surface area contributed by atoms with Crippen molar-refractivity contribution < 1.29 is 0 Å². The van der Waals surface area contributed by atoms with E-state index in [2.05, 4.69) is 53.7 Å². The van der Waals surface area contributed by atoms with Gasteiger partial charge in [-0.05, 0) is 53.5 Å². The van der Waals surface area contributed by atoms with Crippen molar-refractivity contribution in [3.63, 3.8) is 0 Å². The van der Waals surface area contributed by atoms with E-state index in [4.69, 9.17) is 0 Å². The van der Waals surface area contributed by atoms with E-state index >= 15 is 0 Å². The quantitative estimate of drug-likeness (QED) is 0.879. The average Bonchev–Trinajstić information content (AvgIpc) is 2.82. The third-order valence-electron chi connectivity index (χ3n) is 2.84. The van der Waals surface area contributed by atoms with Gasteiger partial charge in [-0.1, -0.05) is 13.8 Å². The molecule has 0 unspecified atom stereocenters. The highest BCUT2D eigenvalue weighted by molar-refractivity contribution is 5.53. The van der Waals surface area contributed by atoms with Crippen LogP contribution in [0.1, 0.15) is 25.8 Å². The molecule has 0 spiro atoms. The molecule has 0 amide bonds. The number of hydrogen-bond acceptors (Lipinski definition) is 4. The van der Waals surface area contributed by atoms with E-state index in [1.807, 2.05) is 6.07 Å². The van der Waals surface area contributed by atoms with E-state index in [1.54, 1.807) is 11.0 Å². The monoisotopic (exact) mass is 245 g/mol. The summed E-state index contributed by atoms with van der Waals surface area (Å²) in [5.41, 5.74) is 3.30. The van der Waals surface area contributed by atoms with Gasteiger partial charge < -0.3 is 5.32 Å². The van der Waals surface area contributed by atoms with Gasteiger partial charge in [0, 0.05) is 12.2 Å². The molecule has 1 aromatic heterocycles. The maximum Gasteiger partial charge on any atom is 0.143 e. The second-order valence-electron chi connectivity index (χ2n) is 4.86. The molecule has 0 aliphatic rings. The molecule has 5 nitrogen and oxygen atoms in total. The molecule has 0 aliphatic heterocycles. The number of tetrazole rings is 1. The van der Waals surface area contributed by atoms with Gasteiger partial charge in [0.2, 0.25) is 0 Å². The SMILES string of the molecule is Cc1cc(NCCC(C)C)ccc1-n1cnnn1. The third-order valence-corrected chi connectivity index (χ3v) is 2.84. The maximum absolute atomic E-state index is 3.90. The number of aromatic nitrogens is 4. The van der Waals surface area contributed by atoms with E-state index in [0.717, 1.165) is 29.4 Å². The predicted octanol–water partition coefficient (Wildman–Crippen LogP) is 2.43. The van der Waals surface area contributed by atoms with Crippen LogP contribution in [0.25, 0.3) is 5.69 Å². The lowest BCUT2D eigenvalue weighted by molar-refractivity contribution is 0.607. The summed E-state index contributed by atoms with van der Waals surface area (Å²) in [5.74, 6) is 0.721. The fourth-order valence-corrected chi connectivity index (χ4v) is 1.80. The molecule has 0 bridgehead atoms. The Kier molecular flexibility index (Phi) is 3.92. The van der Waals surface area contributed by atoms with Crippen LogP contribution in [0.4, 0.5) is 5.69 Å². The molecule has 1 aromatic carbocycles. The average molecular weight is 245 g/mol. The highest BCUT2D eigenvalue weighted by Gasteiger charge is 2.03. The van der Waals surface area contributed by atoms with E-state index in [0.29, 0.717) is 0 Å². The molecule has 2 aromatic rings. The summed E-state index contributed by atoms with van der Waals surface area (Å²) in [4.78, 5) is 0. The first kappa shape index (κ1) is 12.5. The zero-order chi connectivity index (χ0) is 13.0. The lowest BCUT2D eigenvalue weighted by Crippen LogP contribution is -2.05. The molecule has 96 valence electrons.